The third-order valence-corrected chi connectivity index (χ3v) is 5.61. The zero-order chi connectivity index (χ0) is 20.5. The minimum Gasteiger partial charge on any atom is -0.487 e. The summed E-state index contributed by atoms with van der Waals surface area (Å²) in [5.41, 5.74) is 1.90. The van der Waals surface area contributed by atoms with Crippen LogP contribution in [-0.2, 0) is 16.6 Å². The maximum atomic E-state index is 10.8. The zero-order valence-corrected chi connectivity index (χ0v) is 17.8. The Labute approximate surface area is 170 Å². The lowest BCUT2D eigenvalue weighted by Crippen LogP contribution is -2.41. The predicted molar refractivity (Wildman–Crippen MR) is 111 cm³/mol. The van der Waals surface area contributed by atoms with E-state index in [1.165, 1.54) is 5.56 Å². The van der Waals surface area contributed by atoms with Gasteiger partial charge in [0.05, 0.1) is 0 Å². The molecule has 0 radical (unpaired) electrons. The smallest absolute Gasteiger partial charge is 0.311 e. The lowest BCUT2D eigenvalue weighted by molar-refractivity contribution is -0.136. The van der Waals surface area contributed by atoms with Gasteiger partial charge in [-0.3, -0.25) is 4.79 Å². The van der Waals surface area contributed by atoms with E-state index in [0.717, 1.165) is 28.4 Å². The lowest BCUT2D eigenvalue weighted by Gasteiger charge is -2.42. The molecule has 0 atom stereocenters. The molecule has 28 heavy (non-hydrogen) atoms. The molecule has 0 saturated carbocycles. The average molecular weight is 399 g/mol. The molecule has 1 aliphatic heterocycles. The fourth-order valence-electron chi connectivity index (χ4n) is 3.86. The van der Waals surface area contributed by atoms with Crippen molar-refractivity contribution in [1.82, 2.24) is 0 Å². The topological polar surface area (TPSA) is 59.7 Å². The molecule has 0 aliphatic carbocycles. The van der Waals surface area contributed by atoms with Gasteiger partial charge in [-0.25, -0.2) is 0 Å². The van der Waals surface area contributed by atoms with Crippen LogP contribution in [0.5, 0.6) is 5.75 Å². The number of rotatable bonds is 4. The Morgan fingerprint density at radius 3 is 2.64 bits per heavy atom. The van der Waals surface area contributed by atoms with Crippen molar-refractivity contribution >= 4 is 17.7 Å². The lowest BCUT2D eigenvalue weighted by atomic mass is 9.73. The first-order valence-corrected chi connectivity index (χ1v) is 10.4. The van der Waals surface area contributed by atoms with Crippen LogP contribution in [0.3, 0.4) is 0 Å². The van der Waals surface area contributed by atoms with E-state index < -0.39 is 5.97 Å². The Kier molecular flexibility index (Phi) is 5.54. The van der Waals surface area contributed by atoms with Gasteiger partial charge in [-0.2, -0.15) is 0 Å². The maximum Gasteiger partial charge on any atom is 0.311 e. The predicted octanol–water partition coefficient (Wildman–Crippen LogP) is 5.26. The first-order chi connectivity index (χ1) is 13.1. The minimum absolute atomic E-state index is 0.0116. The SMILES string of the molecule is CCSc1cc2c(cc1C#Cc1ccc(CC(=O)O)o1)C(C)(C)CC(C)(C)O2. The maximum absolute atomic E-state index is 10.8. The first kappa shape index (κ1) is 20.4. The van der Waals surface area contributed by atoms with Gasteiger partial charge in [-0.1, -0.05) is 26.7 Å². The molecule has 0 unspecified atom stereocenters. The number of carboxylic acid groups (broad SMARTS) is 1. The molecule has 1 N–H and O–H groups in total. The summed E-state index contributed by atoms with van der Waals surface area (Å²) in [5.74, 6) is 8.09. The third-order valence-electron chi connectivity index (χ3n) is 4.67. The van der Waals surface area contributed by atoms with E-state index in [-0.39, 0.29) is 17.4 Å². The van der Waals surface area contributed by atoms with Crippen LogP contribution < -0.4 is 4.74 Å². The Morgan fingerprint density at radius 2 is 1.96 bits per heavy atom. The van der Waals surface area contributed by atoms with Crippen molar-refractivity contribution in [2.45, 2.75) is 63.4 Å². The van der Waals surface area contributed by atoms with E-state index in [4.69, 9.17) is 14.3 Å². The van der Waals surface area contributed by atoms with Crippen LogP contribution in [0.1, 0.15) is 63.7 Å². The normalized spacial score (nSPS) is 16.5. The number of ether oxygens (including phenoxy) is 1. The Hall–Kier alpha value is -2.32. The number of benzene rings is 1. The summed E-state index contributed by atoms with van der Waals surface area (Å²) < 4.78 is 11.8. The number of aliphatic carboxylic acids is 1. The van der Waals surface area contributed by atoms with Gasteiger partial charge in [0, 0.05) is 16.0 Å². The molecule has 2 heterocycles. The van der Waals surface area contributed by atoms with Crippen molar-refractivity contribution in [1.29, 1.82) is 0 Å². The van der Waals surface area contributed by atoms with Crippen LogP contribution in [0.4, 0.5) is 0 Å². The van der Waals surface area contributed by atoms with E-state index in [2.05, 4.69) is 58.6 Å². The number of hydrogen-bond donors (Lipinski definition) is 1. The van der Waals surface area contributed by atoms with Crippen molar-refractivity contribution in [3.63, 3.8) is 0 Å². The fraction of sp³-hybridized carbons (Fsp3) is 0.435. The second kappa shape index (κ2) is 7.60. The standard InChI is InChI=1S/C23H26O4S/c1-6-28-20-13-19-18(22(2,3)14-23(4,5)27-19)11-15(20)7-8-16-9-10-17(26-16)12-21(24)25/h9-11,13H,6,12,14H2,1-5H3,(H,24,25). The summed E-state index contributed by atoms with van der Waals surface area (Å²) in [4.78, 5) is 11.9. The summed E-state index contributed by atoms with van der Waals surface area (Å²) in [6.45, 7) is 10.9. The highest BCUT2D eigenvalue weighted by Gasteiger charge is 2.39. The Bertz CT molecular complexity index is 957. The highest BCUT2D eigenvalue weighted by atomic mass is 32.2. The molecule has 148 valence electrons. The Balaban J connectivity index is 2.00. The number of fused-ring (bicyclic) bond motifs is 1. The number of furan rings is 1. The van der Waals surface area contributed by atoms with Crippen LogP contribution in [0.15, 0.2) is 33.6 Å². The van der Waals surface area contributed by atoms with Crippen molar-refractivity contribution < 1.29 is 19.1 Å². The molecule has 0 amide bonds. The number of carboxylic acids is 1. The molecule has 1 aliphatic rings. The molecule has 1 aromatic heterocycles. The summed E-state index contributed by atoms with van der Waals surface area (Å²) in [6, 6.07) is 7.61. The fourth-order valence-corrected chi connectivity index (χ4v) is 4.63. The molecule has 2 aromatic rings. The van der Waals surface area contributed by atoms with E-state index in [1.54, 1.807) is 23.9 Å². The van der Waals surface area contributed by atoms with Crippen LogP contribution in [0.25, 0.3) is 0 Å². The highest BCUT2D eigenvalue weighted by Crippen LogP contribution is 2.46. The van der Waals surface area contributed by atoms with Gasteiger partial charge < -0.3 is 14.3 Å². The van der Waals surface area contributed by atoms with Crippen molar-refractivity contribution in [2.75, 3.05) is 5.75 Å². The minimum atomic E-state index is -0.921. The number of carbonyl (C=O) groups is 1. The van der Waals surface area contributed by atoms with Crippen molar-refractivity contribution in [3.8, 4) is 17.6 Å². The highest BCUT2D eigenvalue weighted by molar-refractivity contribution is 7.99. The Morgan fingerprint density at radius 1 is 1.21 bits per heavy atom. The molecule has 0 fully saturated rings. The average Bonchev–Trinajstić information content (AvgIpc) is 2.98. The monoisotopic (exact) mass is 398 g/mol. The van der Waals surface area contributed by atoms with Gasteiger partial charge in [0.15, 0.2) is 5.76 Å². The van der Waals surface area contributed by atoms with Crippen LogP contribution in [-0.4, -0.2) is 22.4 Å². The second-order valence-corrected chi connectivity index (χ2v) is 9.59. The van der Waals surface area contributed by atoms with Gasteiger partial charge in [0.1, 0.15) is 23.5 Å². The van der Waals surface area contributed by atoms with E-state index >= 15 is 0 Å². The van der Waals surface area contributed by atoms with Crippen molar-refractivity contribution in [2.24, 2.45) is 0 Å². The van der Waals surface area contributed by atoms with E-state index in [0.29, 0.717) is 11.5 Å². The quantitative estimate of drug-likeness (QED) is 0.562. The van der Waals surface area contributed by atoms with Gasteiger partial charge in [0.2, 0.25) is 0 Å². The zero-order valence-electron chi connectivity index (χ0n) is 17.0. The van der Waals surface area contributed by atoms with Gasteiger partial charge >= 0.3 is 5.97 Å². The van der Waals surface area contributed by atoms with Gasteiger partial charge in [0.25, 0.3) is 0 Å². The third kappa shape index (κ3) is 4.56. The molecule has 0 spiro atoms. The van der Waals surface area contributed by atoms with Crippen LogP contribution in [0, 0.1) is 11.8 Å². The first-order valence-electron chi connectivity index (χ1n) is 9.42. The van der Waals surface area contributed by atoms with E-state index in [1.807, 2.05) is 0 Å². The summed E-state index contributed by atoms with van der Waals surface area (Å²) in [5, 5.41) is 8.87. The number of thioether (sulfide) groups is 1. The van der Waals surface area contributed by atoms with Crippen LogP contribution in [0.2, 0.25) is 0 Å². The van der Waals surface area contributed by atoms with Gasteiger partial charge in [-0.05, 0) is 61.6 Å². The largest absolute Gasteiger partial charge is 0.487 e. The molecule has 4 nitrogen and oxygen atoms in total. The van der Waals surface area contributed by atoms with Crippen molar-refractivity contribution in [3.05, 3.63) is 46.9 Å². The molecule has 0 saturated heterocycles. The molecular weight excluding hydrogens is 372 g/mol. The molecule has 3 rings (SSSR count). The second-order valence-electron chi connectivity index (χ2n) is 8.29. The molecule has 5 heteroatoms. The van der Waals surface area contributed by atoms with Gasteiger partial charge in [-0.15, -0.1) is 11.8 Å². The summed E-state index contributed by atoms with van der Waals surface area (Å²) in [6.07, 6.45) is 0.787. The van der Waals surface area contributed by atoms with E-state index in [9.17, 15) is 4.79 Å². The molecule has 0 bridgehead atoms. The summed E-state index contributed by atoms with van der Waals surface area (Å²) >= 11 is 1.73. The molecule has 1 aromatic carbocycles. The molecular formula is C23H26O4S. The number of hydrogen-bond acceptors (Lipinski definition) is 4. The summed E-state index contributed by atoms with van der Waals surface area (Å²) in [7, 11) is 0. The van der Waals surface area contributed by atoms with Crippen LogP contribution >= 0.6 is 11.8 Å².